The fourth-order valence-electron chi connectivity index (χ4n) is 3.43. The normalized spacial score (nSPS) is 20.7. The average Bonchev–Trinajstić information content (AvgIpc) is 2.99. The molecular weight excluding hydrogens is 314 g/mol. The van der Waals surface area contributed by atoms with E-state index in [9.17, 15) is 4.79 Å². The van der Waals surface area contributed by atoms with Gasteiger partial charge in [0.2, 0.25) is 0 Å². The van der Waals surface area contributed by atoms with Gasteiger partial charge in [0.25, 0.3) is 5.91 Å². The van der Waals surface area contributed by atoms with Crippen molar-refractivity contribution in [1.29, 1.82) is 0 Å². The molecule has 0 spiro atoms. The molecular formula is C19H25N5O. The monoisotopic (exact) mass is 339 g/mol. The molecule has 1 aliphatic heterocycles. The minimum atomic E-state index is -0.114. The molecule has 1 atom stereocenters. The third kappa shape index (κ3) is 3.34. The van der Waals surface area contributed by atoms with Gasteiger partial charge in [-0.15, -0.1) is 10.2 Å². The Bertz CT molecular complexity index is 812. The van der Waals surface area contributed by atoms with Crippen molar-refractivity contribution in [3.63, 3.8) is 0 Å². The zero-order valence-electron chi connectivity index (χ0n) is 15.4. The van der Waals surface area contributed by atoms with Gasteiger partial charge in [0.15, 0.2) is 11.6 Å². The molecule has 0 N–H and O–H groups in total. The molecule has 6 nitrogen and oxygen atoms in total. The Labute approximate surface area is 148 Å². The number of carbonyl (C=O) groups excluding carboxylic acids is 1. The van der Waals surface area contributed by atoms with Gasteiger partial charge >= 0.3 is 0 Å². The zero-order valence-corrected chi connectivity index (χ0v) is 15.4. The van der Waals surface area contributed by atoms with E-state index in [4.69, 9.17) is 0 Å². The summed E-state index contributed by atoms with van der Waals surface area (Å²) in [4.78, 5) is 19.2. The third-order valence-electron chi connectivity index (χ3n) is 4.68. The Hall–Kier alpha value is -2.50. The number of nitrogens with zero attached hydrogens (tertiary/aromatic N) is 5. The van der Waals surface area contributed by atoms with Crippen LogP contribution >= 0.6 is 0 Å². The first-order valence-corrected chi connectivity index (χ1v) is 8.71. The zero-order chi connectivity index (χ0) is 18.1. The minimum Gasteiger partial charge on any atom is -0.327 e. The number of amides is 1. The fourth-order valence-corrected chi connectivity index (χ4v) is 3.43. The molecule has 0 bridgehead atoms. The number of rotatable bonds is 3. The number of aliphatic imine (C=N–C) groups is 1. The van der Waals surface area contributed by atoms with Crippen molar-refractivity contribution in [2.45, 2.75) is 53.1 Å². The van der Waals surface area contributed by atoms with Crippen LogP contribution in [-0.2, 0) is 11.3 Å². The van der Waals surface area contributed by atoms with Crippen molar-refractivity contribution in [1.82, 2.24) is 19.7 Å². The predicted molar refractivity (Wildman–Crippen MR) is 98.2 cm³/mol. The van der Waals surface area contributed by atoms with E-state index in [0.29, 0.717) is 13.1 Å². The van der Waals surface area contributed by atoms with Crippen molar-refractivity contribution >= 4 is 11.6 Å². The summed E-state index contributed by atoms with van der Waals surface area (Å²) in [6.07, 6.45) is 6.01. The summed E-state index contributed by atoms with van der Waals surface area (Å²) in [7, 11) is 0. The Morgan fingerprint density at radius 2 is 2.08 bits per heavy atom. The Balaban J connectivity index is 1.86. The highest BCUT2D eigenvalue weighted by atomic mass is 16.2. The Morgan fingerprint density at radius 1 is 1.32 bits per heavy atom. The van der Waals surface area contributed by atoms with E-state index in [1.807, 2.05) is 37.8 Å². The van der Waals surface area contributed by atoms with Gasteiger partial charge in [-0.05, 0) is 40.5 Å². The first-order valence-electron chi connectivity index (χ1n) is 8.71. The molecule has 0 saturated carbocycles. The van der Waals surface area contributed by atoms with E-state index in [1.165, 1.54) is 5.57 Å². The number of carbonyl (C=O) groups is 1. The molecule has 1 aromatic rings. The van der Waals surface area contributed by atoms with Gasteiger partial charge in [-0.3, -0.25) is 9.79 Å². The van der Waals surface area contributed by atoms with Gasteiger partial charge in [-0.1, -0.05) is 24.3 Å². The molecule has 2 aliphatic rings. The Kier molecular flexibility index (Phi) is 4.70. The maximum Gasteiger partial charge on any atom is 0.254 e. The summed E-state index contributed by atoms with van der Waals surface area (Å²) in [5.74, 6) is 1.64. The van der Waals surface area contributed by atoms with Crippen molar-refractivity contribution < 1.29 is 4.79 Å². The van der Waals surface area contributed by atoms with Crippen LogP contribution in [0, 0.1) is 0 Å². The molecule has 0 unspecified atom stereocenters. The van der Waals surface area contributed by atoms with E-state index in [-0.39, 0.29) is 11.9 Å². The predicted octanol–water partition coefficient (Wildman–Crippen LogP) is 3.19. The molecule has 3 rings (SSSR count). The van der Waals surface area contributed by atoms with Crippen molar-refractivity contribution in [2.75, 3.05) is 6.54 Å². The van der Waals surface area contributed by atoms with Crippen LogP contribution in [0.15, 0.2) is 40.6 Å². The summed E-state index contributed by atoms with van der Waals surface area (Å²) in [5.41, 5.74) is 3.59. The largest absolute Gasteiger partial charge is 0.327 e. The molecule has 0 radical (unpaired) electrons. The quantitative estimate of drug-likeness (QED) is 0.795. The van der Waals surface area contributed by atoms with Crippen molar-refractivity contribution in [3.8, 4) is 0 Å². The van der Waals surface area contributed by atoms with Crippen molar-refractivity contribution in [2.24, 2.45) is 4.99 Å². The van der Waals surface area contributed by atoms with Crippen LogP contribution < -0.4 is 0 Å². The first kappa shape index (κ1) is 17.3. The summed E-state index contributed by atoms with van der Waals surface area (Å²) in [6, 6.07) is -0.114. The van der Waals surface area contributed by atoms with Crippen LogP contribution in [0.1, 0.15) is 58.2 Å². The van der Waals surface area contributed by atoms with Crippen LogP contribution in [0.2, 0.25) is 0 Å². The maximum atomic E-state index is 12.9. The number of aromatic nitrogens is 3. The molecule has 0 saturated heterocycles. The molecule has 1 aromatic heterocycles. The maximum absolute atomic E-state index is 12.9. The van der Waals surface area contributed by atoms with Crippen molar-refractivity contribution in [3.05, 3.63) is 47.2 Å². The van der Waals surface area contributed by atoms with Crippen LogP contribution in [0.5, 0.6) is 0 Å². The third-order valence-corrected chi connectivity index (χ3v) is 4.68. The lowest BCUT2D eigenvalue weighted by Gasteiger charge is -2.34. The lowest BCUT2D eigenvalue weighted by Crippen LogP contribution is -2.42. The second-order valence-corrected chi connectivity index (χ2v) is 6.83. The van der Waals surface area contributed by atoms with Crippen LogP contribution in [0.25, 0.3) is 0 Å². The summed E-state index contributed by atoms with van der Waals surface area (Å²) < 4.78 is 2.06. The number of fused-ring (bicyclic) bond motifs is 1. The van der Waals surface area contributed by atoms with Crippen LogP contribution in [0.3, 0.4) is 0 Å². The summed E-state index contributed by atoms with van der Waals surface area (Å²) in [6.45, 7) is 13.0. The SMILES string of the molecule is C=C(C)N=C(C)c1nnc2n1CCN(C(=O)C1=CCCC(C)=C1)[C@@H]2C. The van der Waals surface area contributed by atoms with Gasteiger partial charge in [0.1, 0.15) is 0 Å². The highest BCUT2D eigenvalue weighted by Gasteiger charge is 2.32. The lowest BCUT2D eigenvalue weighted by molar-refractivity contribution is -0.130. The van der Waals surface area contributed by atoms with Gasteiger partial charge in [-0.2, -0.15) is 0 Å². The van der Waals surface area contributed by atoms with E-state index in [0.717, 1.165) is 41.5 Å². The molecule has 1 amide bonds. The van der Waals surface area contributed by atoms with E-state index < -0.39 is 0 Å². The van der Waals surface area contributed by atoms with Crippen LogP contribution in [-0.4, -0.2) is 37.8 Å². The van der Waals surface area contributed by atoms with E-state index in [1.54, 1.807) is 0 Å². The Morgan fingerprint density at radius 3 is 2.76 bits per heavy atom. The molecule has 0 aromatic carbocycles. The minimum absolute atomic E-state index is 0.0784. The standard InChI is InChI=1S/C19H25N5O/c1-12(2)20-14(4)17-21-22-18-15(5)23(9-10-24(17)18)19(25)16-8-6-7-13(3)11-16/h8,11,15H,1,6-7,9-10H2,2-5H3/t15-/m1/s1. The van der Waals surface area contributed by atoms with Gasteiger partial charge in [0.05, 0.1) is 11.8 Å². The van der Waals surface area contributed by atoms with Gasteiger partial charge in [0, 0.05) is 24.4 Å². The second kappa shape index (κ2) is 6.78. The first-order chi connectivity index (χ1) is 11.9. The summed E-state index contributed by atoms with van der Waals surface area (Å²) in [5, 5.41) is 8.63. The highest BCUT2D eigenvalue weighted by molar-refractivity contribution is 5.97. The molecule has 6 heteroatoms. The highest BCUT2D eigenvalue weighted by Crippen LogP contribution is 2.28. The van der Waals surface area contributed by atoms with E-state index >= 15 is 0 Å². The van der Waals surface area contributed by atoms with Gasteiger partial charge in [-0.25, -0.2) is 0 Å². The lowest BCUT2D eigenvalue weighted by atomic mass is 9.99. The number of hydrogen-bond donors (Lipinski definition) is 0. The molecule has 132 valence electrons. The molecule has 1 aliphatic carbocycles. The van der Waals surface area contributed by atoms with Gasteiger partial charge < -0.3 is 9.47 Å². The van der Waals surface area contributed by atoms with Crippen LogP contribution in [0.4, 0.5) is 0 Å². The number of hydrogen-bond acceptors (Lipinski definition) is 4. The molecule has 0 fully saturated rings. The second-order valence-electron chi connectivity index (χ2n) is 6.83. The smallest absolute Gasteiger partial charge is 0.254 e. The number of allylic oxidation sites excluding steroid dienone is 3. The molecule has 2 heterocycles. The average molecular weight is 339 g/mol. The fraction of sp³-hybridized carbons (Fsp3) is 0.474. The van der Waals surface area contributed by atoms with E-state index in [2.05, 4.69) is 33.3 Å². The molecule has 25 heavy (non-hydrogen) atoms. The summed E-state index contributed by atoms with van der Waals surface area (Å²) >= 11 is 0. The topological polar surface area (TPSA) is 63.4 Å².